The zero-order valence-electron chi connectivity index (χ0n) is 15.0. The summed E-state index contributed by atoms with van der Waals surface area (Å²) in [6.07, 6.45) is -0.00978. The average molecular weight is 357 g/mol. The van der Waals surface area contributed by atoms with Crippen LogP contribution in [0.4, 0.5) is 4.79 Å². The molecule has 0 aliphatic rings. The summed E-state index contributed by atoms with van der Waals surface area (Å²) >= 11 is 0. The molecular formula is C17H27NO5S. The van der Waals surface area contributed by atoms with E-state index in [2.05, 4.69) is 0 Å². The number of hydrogen-bond acceptors (Lipinski definition) is 5. The summed E-state index contributed by atoms with van der Waals surface area (Å²) in [7, 11) is -3.77. The molecule has 0 radical (unpaired) electrons. The molecule has 0 N–H and O–H groups in total. The van der Waals surface area contributed by atoms with Crippen molar-refractivity contribution in [3.63, 3.8) is 0 Å². The van der Waals surface area contributed by atoms with E-state index >= 15 is 0 Å². The van der Waals surface area contributed by atoms with Gasteiger partial charge in [0.2, 0.25) is 0 Å². The molecular weight excluding hydrogens is 330 g/mol. The van der Waals surface area contributed by atoms with Crippen LogP contribution in [0.3, 0.4) is 0 Å². The van der Waals surface area contributed by atoms with E-state index in [9.17, 15) is 13.2 Å². The molecule has 1 aromatic carbocycles. The fourth-order valence-corrected chi connectivity index (χ4v) is 2.84. The number of hydrogen-bond donors (Lipinski definition) is 0. The number of benzene rings is 1. The maximum Gasteiger partial charge on any atom is 0.410 e. The fraction of sp³-hybridized carbons (Fsp3) is 0.588. The van der Waals surface area contributed by atoms with Crippen molar-refractivity contribution in [1.29, 1.82) is 0 Å². The number of aryl methyl sites for hydroxylation is 1. The van der Waals surface area contributed by atoms with Crippen LogP contribution in [0.1, 0.15) is 39.7 Å². The van der Waals surface area contributed by atoms with Gasteiger partial charge in [-0.15, -0.1) is 0 Å². The largest absolute Gasteiger partial charge is 0.444 e. The fourth-order valence-electron chi connectivity index (χ4n) is 1.90. The molecule has 0 bridgehead atoms. The van der Waals surface area contributed by atoms with Crippen molar-refractivity contribution in [3.05, 3.63) is 29.8 Å². The van der Waals surface area contributed by atoms with Gasteiger partial charge in [-0.2, -0.15) is 8.42 Å². The predicted molar refractivity (Wildman–Crippen MR) is 92.4 cm³/mol. The van der Waals surface area contributed by atoms with E-state index in [0.717, 1.165) is 5.56 Å². The monoisotopic (exact) mass is 357 g/mol. The highest BCUT2D eigenvalue weighted by atomic mass is 32.2. The van der Waals surface area contributed by atoms with Crippen LogP contribution in [-0.2, 0) is 19.0 Å². The van der Waals surface area contributed by atoms with Crippen molar-refractivity contribution in [1.82, 2.24) is 4.90 Å². The van der Waals surface area contributed by atoms with E-state index in [1.165, 1.54) is 17.0 Å². The van der Waals surface area contributed by atoms with Crippen molar-refractivity contribution in [3.8, 4) is 0 Å². The molecule has 1 aromatic rings. The third kappa shape index (κ3) is 6.88. The van der Waals surface area contributed by atoms with Crippen LogP contribution >= 0.6 is 0 Å². The minimum absolute atomic E-state index is 0.00943. The molecule has 0 aliphatic heterocycles. The van der Waals surface area contributed by atoms with Crippen molar-refractivity contribution < 1.29 is 22.1 Å². The third-order valence-electron chi connectivity index (χ3n) is 3.15. The number of rotatable bonds is 7. The number of carbonyl (C=O) groups is 1. The molecule has 0 spiro atoms. The van der Waals surface area contributed by atoms with Gasteiger partial charge in [0.05, 0.1) is 11.5 Å². The Bertz CT molecular complexity index is 632. The summed E-state index contributed by atoms with van der Waals surface area (Å²) in [6, 6.07) is 6.47. The Labute approximate surface area is 144 Å². The summed E-state index contributed by atoms with van der Waals surface area (Å²) in [4.78, 5) is 13.6. The Kier molecular flexibility index (Phi) is 7.23. The molecule has 1 rings (SSSR count). The zero-order valence-corrected chi connectivity index (χ0v) is 15.9. The van der Waals surface area contributed by atoms with Gasteiger partial charge in [0.1, 0.15) is 5.60 Å². The quantitative estimate of drug-likeness (QED) is 0.553. The van der Waals surface area contributed by atoms with Gasteiger partial charge in [-0.3, -0.25) is 4.18 Å². The van der Waals surface area contributed by atoms with Crippen LogP contribution in [0, 0.1) is 6.92 Å². The third-order valence-corrected chi connectivity index (χ3v) is 4.48. The molecule has 0 aromatic heterocycles. The highest BCUT2D eigenvalue weighted by molar-refractivity contribution is 7.86. The van der Waals surface area contributed by atoms with Gasteiger partial charge in [-0.25, -0.2) is 4.79 Å². The Morgan fingerprint density at radius 2 is 1.75 bits per heavy atom. The Morgan fingerprint density at radius 3 is 2.25 bits per heavy atom. The lowest BCUT2D eigenvalue weighted by atomic mass is 10.2. The van der Waals surface area contributed by atoms with Gasteiger partial charge in [-0.05, 0) is 53.2 Å². The Morgan fingerprint density at radius 1 is 1.17 bits per heavy atom. The van der Waals surface area contributed by atoms with Gasteiger partial charge in [-0.1, -0.05) is 17.7 Å². The van der Waals surface area contributed by atoms with Crippen LogP contribution < -0.4 is 0 Å². The lowest BCUT2D eigenvalue weighted by Crippen LogP contribution is -2.37. The highest BCUT2D eigenvalue weighted by Gasteiger charge is 2.21. The van der Waals surface area contributed by atoms with Crippen LogP contribution in [-0.4, -0.2) is 44.7 Å². The molecule has 7 heteroatoms. The molecule has 24 heavy (non-hydrogen) atoms. The predicted octanol–water partition coefficient (Wildman–Crippen LogP) is 3.35. The number of nitrogens with zero attached hydrogens (tertiary/aromatic N) is 1. The topological polar surface area (TPSA) is 72.9 Å². The molecule has 0 unspecified atom stereocenters. The van der Waals surface area contributed by atoms with Gasteiger partial charge in [0.25, 0.3) is 10.1 Å². The zero-order chi connectivity index (χ0) is 18.4. The summed E-state index contributed by atoms with van der Waals surface area (Å²) < 4.78 is 34.4. The van der Waals surface area contributed by atoms with E-state index in [4.69, 9.17) is 8.92 Å². The molecule has 136 valence electrons. The van der Waals surface area contributed by atoms with Crippen molar-refractivity contribution in [2.75, 3.05) is 19.7 Å². The average Bonchev–Trinajstić information content (AvgIpc) is 2.45. The van der Waals surface area contributed by atoms with Crippen LogP contribution in [0.15, 0.2) is 29.2 Å². The SMILES string of the molecule is CCN(CCCOS(=O)(=O)c1ccc(C)cc1)C(=O)OC(C)(C)C. The second-order valence-corrected chi connectivity index (χ2v) is 8.12. The van der Waals surface area contributed by atoms with E-state index in [0.29, 0.717) is 19.5 Å². The summed E-state index contributed by atoms with van der Waals surface area (Å²) in [5, 5.41) is 0. The normalized spacial score (nSPS) is 12.0. The standard InChI is InChI=1S/C17H27NO5S/c1-6-18(16(19)23-17(3,4)5)12-7-13-22-24(20,21)15-10-8-14(2)9-11-15/h8-11H,6-7,12-13H2,1-5H3. The first-order valence-electron chi connectivity index (χ1n) is 7.99. The van der Waals surface area contributed by atoms with E-state index < -0.39 is 21.8 Å². The van der Waals surface area contributed by atoms with Crippen molar-refractivity contribution in [2.45, 2.75) is 51.5 Å². The molecule has 6 nitrogen and oxygen atoms in total. The smallest absolute Gasteiger partial charge is 0.410 e. The van der Waals surface area contributed by atoms with E-state index in [1.807, 2.05) is 13.8 Å². The Hall–Kier alpha value is -1.60. The van der Waals surface area contributed by atoms with Gasteiger partial charge in [0.15, 0.2) is 0 Å². The first-order valence-corrected chi connectivity index (χ1v) is 9.40. The minimum Gasteiger partial charge on any atom is -0.444 e. The molecule has 0 saturated carbocycles. The molecule has 0 heterocycles. The summed E-state index contributed by atoms with van der Waals surface area (Å²) in [5.41, 5.74) is 0.417. The van der Waals surface area contributed by atoms with Crippen LogP contribution in [0.5, 0.6) is 0 Å². The van der Waals surface area contributed by atoms with E-state index in [1.54, 1.807) is 32.9 Å². The van der Waals surface area contributed by atoms with Crippen LogP contribution in [0.25, 0.3) is 0 Å². The van der Waals surface area contributed by atoms with Crippen molar-refractivity contribution in [2.24, 2.45) is 0 Å². The molecule has 0 saturated heterocycles. The summed E-state index contributed by atoms with van der Waals surface area (Å²) in [5.74, 6) is 0. The first kappa shape index (κ1) is 20.4. The van der Waals surface area contributed by atoms with E-state index in [-0.39, 0.29) is 11.5 Å². The highest BCUT2D eigenvalue weighted by Crippen LogP contribution is 2.14. The van der Waals surface area contributed by atoms with Gasteiger partial charge >= 0.3 is 6.09 Å². The van der Waals surface area contributed by atoms with Gasteiger partial charge in [0, 0.05) is 13.1 Å². The molecule has 0 fully saturated rings. The second kappa shape index (κ2) is 8.48. The summed E-state index contributed by atoms with van der Waals surface area (Å²) in [6.45, 7) is 9.99. The number of amides is 1. The number of carbonyl (C=O) groups excluding carboxylic acids is 1. The van der Waals surface area contributed by atoms with Crippen molar-refractivity contribution >= 4 is 16.2 Å². The molecule has 0 aliphatic carbocycles. The lowest BCUT2D eigenvalue weighted by molar-refractivity contribution is 0.0253. The second-order valence-electron chi connectivity index (χ2n) is 6.50. The molecule has 0 atom stereocenters. The van der Waals surface area contributed by atoms with Gasteiger partial charge < -0.3 is 9.64 Å². The Balaban J connectivity index is 2.48. The first-order chi connectivity index (χ1) is 11.0. The van der Waals surface area contributed by atoms with Crippen LogP contribution in [0.2, 0.25) is 0 Å². The minimum atomic E-state index is -3.77. The maximum atomic E-state index is 12.1. The maximum absolute atomic E-state index is 12.1. The molecule has 1 amide bonds. The number of ether oxygens (including phenoxy) is 1. The lowest BCUT2D eigenvalue weighted by Gasteiger charge is -2.26.